The standard InChI is InChI=1S/C18H21N7O/c1-12-3-4-14(19)10-15(12)17(26)24-7-5-23(6-8-24)16-9-13(2)22-18-20-11-21-25(16)18/h3-4,9-11H,5-8,19H2,1-2H3. The molecule has 8 nitrogen and oxygen atoms in total. The second-order valence-electron chi connectivity index (χ2n) is 6.58. The van der Waals surface area contributed by atoms with E-state index in [9.17, 15) is 4.79 Å². The van der Waals surface area contributed by atoms with E-state index in [2.05, 4.69) is 20.0 Å². The molecule has 0 atom stereocenters. The quantitative estimate of drug-likeness (QED) is 0.699. The molecule has 1 saturated heterocycles. The lowest BCUT2D eigenvalue weighted by Gasteiger charge is -2.36. The van der Waals surface area contributed by atoms with Crippen LogP contribution in [0.1, 0.15) is 21.6 Å². The van der Waals surface area contributed by atoms with E-state index in [0.717, 1.165) is 30.2 Å². The zero-order valence-corrected chi connectivity index (χ0v) is 14.9. The summed E-state index contributed by atoms with van der Waals surface area (Å²) in [6, 6.07) is 7.47. The van der Waals surface area contributed by atoms with Crippen molar-refractivity contribution in [2.24, 2.45) is 0 Å². The molecule has 1 amide bonds. The third-order valence-corrected chi connectivity index (χ3v) is 4.74. The third-order valence-electron chi connectivity index (χ3n) is 4.74. The van der Waals surface area contributed by atoms with Gasteiger partial charge in [0.05, 0.1) is 0 Å². The highest BCUT2D eigenvalue weighted by Gasteiger charge is 2.25. The van der Waals surface area contributed by atoms with Crippen molar-refractivity contribution in [2.45, 2.75) is 13.8 Å². The predicted molar refractivity (Wildman–Crippen MR) is 99.2 cm³/mol. The average molecular weight is 351 g/mol. The summed E-state index contributed by atoms with van der Waals surface area (Å²) in [7, 11) is 0. The maximum Gasteiger partial charge on any atom is 0.254 e. The Balaban J connectivity index is 1.53. The van der Waals surface area contributed by atoms with Crippen molar-refractivity contribution in [1.29, 1.82) is 0 Å². The Morgan fingerprint density at radius 3 is 2.65 bits per heavy atom. The maximum atomic E-state index is 12.9. The van der Waals surface area contributed by atoms with Gasteiger partial charge in [0.15, 0.2) is 0 Å². The van der Waals surface area contributed by atoms with Crippen LogP contribution in [0.25, 0.3) is 5.78 Å². The van der Waals surface area contributed by atoms with Crippen LogP contribution in [-0.4, -0.2) is 56.6 Å². The van der Waals surface area contributed by atoms with Crippen LogP contribution in [0.3, 0.4) is 0 Å². The summed E-state index contributed by atoms with van der Waals surface area (Å²) >= 11 is 0. The van der Waals surface area contributed by atoms with E-state index in [4.69, 9.17) is 5.73 Å². The van der Waals surface area contributed by atoms with Gasteiger partial charge in [-0.05, 0) is 31.5 Å². The molecule has 0 saturated carbocycles. The van der Waals surface area contributed by atoms with Gasteiger partial charge in [-0.25, -0.2) is 4.98 Å². The molecule has 4 rings (SSSR count). The lowest BCUT2D eigenvalue weighted by atomic mass is 10.1. The number of anilines is 2. The highest BCUT2D eigenvalue weighted by atomic mass is 16.2. The molecule has 0 spiro atoms. The van der Waals surface area contributed by atoms with Crippen molar-refractivity contribution in [2.75, 3.05) is 36.8 Å². The van der Waals surface area contributed by atoms with Crippen LogP contribution >= 0.6 is 0 Å². The summed E-state index contributed by atoms with van der Waals surface area (Å²) < 4.78 is 1.74. The molecule has 8 heteroatoms. The van der Waals surface area contributed by atoms with Gasteiger partial charge in [0.25, 0.3) is 11.7 Å². The van der Waals surface area contributed by atoms with Gasteiger partial charge in [-0.2, -0.15) is 14.6 Å². The van der Waals surface area contributed by atoms with Crippen molar-refractivity contribution in [1.82, 2.24) is 24.5 Å². The van der Waals surface area contributed by atoms with Crippen molar-refractivity contribution in [3.63, 3.8) is 0 Å². The van der Waals surface area contributed by atoms with Crippen molar-refractivity contribution < 1.29 is 4.79 Å². The number of nitrogens with two attached hydrogens (primary N) is 1. The number of nitrogen functional groups attached to an aromatic ring is 1. The molecule has 134 valence electrons. The normalized spacial score (nSPS) is 14.8. The number of nitrogens with zero attached hydrogens (tertiary/aromatic N) is 6. The van der Waals surface area contributed by atoms with E-state index in [1.807, 2.05) is 36.9 Å². The Hall–Kier alpha value is -3.16. The number of hydrogen-bond donors (Lipinski definition) is 1. The number of aromatic nitrogens is 4. The third kappa shape index (κ3) is 2.83. The molecular weight excluding hydrogens is 330 g/mol. The second kappa shape index (κ2) is 6.29. The number of hydrogen-bond acceptors (Lipinski definition) is 6. The van der Waals surface area contributed by atoms with Crippen LogP contribution in [0.2, 0.25) is 0 Å². The van der Waals surface area contributed by atoms with Crippen LogP contribution < -0.4 is 10.6 Å². The van der Waals surface area contributed by atoms with Crippen LogP contribution in [0.5, 0.6) is 0 Å². The van der Waals surface area contributed by atoms with Crippen LogP contribution in [-0.2, 0) is 0 Å². The molecule has 2 aromatic heterocycles. The molecule has 3 aromatic rings. The zero-order chi connectivity index (χ0) is 18.3. The van der Waals surface area contributed by atoms with Gasteiger partial charge in [0.2, 0.25) is 0 Å². The highest BCUT2D eigenvalue weighted by molar-refractivity contribution is 5.96. The number of aryl methyl sites for hydroxylation is 2. The fourth-order valence-electron chi connectivity index (χ4n) is 3.32. The minimum absolute atomic E-state index is 0.0336. The molecule has 2 N–H and O–H groups in total. The fourth-order valence-corrected chi connectivity index (χ4v) is 3.32. The first kappa shape index (κ1) is 16.3. The van der Waals surface area contributed by atoms with Crippen LogP contribution in [0.15, 0.2) is 30.6 Å². The van der Waals surface area contributed by atoms with Gasteiger partial charge in [-0.1, -0.05) is 6.07 Å². The Morgan fingerprint density at radius 1 is 1.12 bits per heavy atom. The minimum atomic E-state index is 0.0336. The molecule has 1 aromatic carbocycles. The van der Waals surface area contributed by atoms with E-state index in [1.165, 1.54) is 6.33 Å². The molecule has 1 aliphatic rings. The zero-order valence-electron chi connectivity index (χ0n) is 14.9. The monoisotopic (exact) mass is 351 g/mol. The van der Waals surface area contributed by atoms with Crippen molar-refractivity contribution >= 4 is 23.2 Å². The number of carbonyl (C=O) groups excluding carboxylic acids is 1. The molecule has 0 radical (unpaired) electrons. The predicted octanol–water partition coefficient (Wildman–Crippen LogP) is 1.29. The summed E-state index contributed by atoms with van der Waals surface area (Å²) in [4.78, 5) is 25.5. The first-order valence-corrected chi connectivity index (χ1v) is 8.60. The first-order chi connectivity index (χ1) is 12.5. The second-order valence-corrected chi connectivity index (χ2v) is 6.58. The van der Waals surface area contributed by atoms with E-state index in [0.29, 0.717) is 30.1 Å². The molecule has 26 heavy (non-hydrogen) atoms. The smallest absolute Gasteiger partial charge is 0.254 e. The van der Waals surface area contributed by atoms with E-state index >= 15 is 0 Å². The minimum Gasteiger partial charge on any atom is -0.399 e. The molecular formula is C18H21N7O. The van der Waals surface area contributed by atoms with Crippen LogP contribution in [0.4, 0.5) is 11.5 Å². The summed E-state index contributed by atoms with van der Waals surface area (Å²) in [6.07, 6.45) is 1.51. The molecule has 1 fully saturated rings. The van der Waals surface area contributed by atoms with Gasteiger partial charge >= 0.3 is 0 Å². The number of amides is 1. The fraction of sp³-hybridized carbons (Fsp3) is 0.333. The average Bonchev–Trinajstić information content (AvgIpc) is 3.11. The SMILES string of the molecule is Cc1cc(N2CCN(C(=O)c3cc(N)ccc3C)CC2)n2ncnc2n1. The summed E-state index contributed by atoms with van der Waals surface area (Å²) in [5, 5.41) is 4.26. The summed E-state index contributed by atoms with van der Waals surface area (Å²) in [6.45, 7) is 6.62. The molecule has 0 unspecified atom stereocenters. The summed E-state index contributed by atoms with van der Waals surface area (Å²) in [5.74, 6) is 1.58. The Bertz CT molecular complexity index is 973. The highest BCUT2D eigenvalue weighted by Crippen LogP contribution is 2.20. The lowest BCUT2D eigenvalue weighted by Crippen LogP contribution is -2.49. The number of rotatable bonds is 2. The maximum absolute atomic E-state index is 12.9. The molecule has 1 aliphatic heterocycles. The van der Waals surface area contributed by atoms with Crippen molar-refractivity contribution in [3.05, 3.63) is 47.4 Å². The first-order valence-electron chi connectivity index (χ1n) is 8.60. The topological polar surface area (TPSA) is 92.7 Å². The lowest BCUT2D eigenvalue weighted by molar-refractivity contribution is 0.0745. The summed E-state index contributed by atoms with van der Waals surface area (Å²) in [5.41, 5.74) is 8.98. The Morgan fingerprint density at radius 2 is 1.88 bits per heavy atom. The van der Waals surface area contributed by atoms with Gasteiger partial charge in [0.1, 0.15) is 12.1 Å². The number of fused-ring (bicyclic) bond motifs is 1. The molecule has 3 heterocycles. The van der Waals surface area contributed by atoms with Crippen molar-refractivity contribution in [3.8, 4) is 0 Å². The van der Waals surface area contributed by atoms with Gasteiger partial charge in [-0.3, -0.25) is 4.79 Å². The van der Waals surface area contributed by atoms with Crippen LogP contribution in [0, 0.1) is 13.8 Å². The number of benzene rings is 1. The van der Waals surface area contributed by atoms with Gasteiger partial charge in [0, 0.05) is 49.2 Å². The van der Waals surface area contributed by atoms with E-state index in [1.54, 1.807) is 10.6 Å². The number of piperazine rings is 1. The Labute approximate surface area is 151 Å². The molecule has 0 aliphatic carbocycles. The van der Waals surface area contributed by atoms with Gasteiger partial charge in [-0.15, -0.1) is 0 Å². The largest absolute Gasteiger partial charge is 0.399 e. The Kier molecular flexibility index (Phi) is 3.95. The van der Waals surface area contributed by atoms with E-state index < -0.39 is 0 Å². The van der Waals surface area contributed by atoms with Gasteiger partial charge < -0.3 is 15.5 Å². The number of carbonyl (C=O) groups is 1. The van der Waals surface area contributed by atoms with E-state index in [-0.39, 0.29) is 5.91 Å². The molecule has 0 bridgehead atoms.